The summed E-state index contributed by atoms with van der Waals surface area (Å²) in [6.45, 7) is 16.0. The third-order valence-corrected chi connectivity index (χ3v) is 10.2. The predicted octanol–water partition coefficient (Wildman–Crippen LogP) is 12.7. The molecule has 9 rings (SSSR count). The van der Waals surface area contributed by atoms with Gasteiger partial charge in [-0.2, -0.15) is 12.1 Å². The average molecular weight is 885 g/mol. The first-order valence-corrected chi connectivity index (χ1v) is 18.2. The van der Waals surface area contributed by atoms with Gasteiger partial charge in [-0.25, -0.2) is 4.98 Å². The predicted molar refractivity (Wildman–Crippen MR) is 219 cm³/mol. The van der Waals surface area contributed by atoms with E-state index in [1.165, 1.54) is 27.6 Å². The van der Waals surface area contributed by atoms with Crippen LogP contribution in [0.25, 0.3) is 38.4 Å². The number of pyridine rings is 1. The van der Waals surface area contributed by atoms with Crippen LogP contribution in [0.4, 0.5) is 22.7 Å². The van der Waals surface area contributed by atoms with Crippen LogP contribution in [0.15, 0.2) is 134 Å². The van der Waals surface area contributed by atoms with Crippen LogP contribution in [0, 0.1) is 18.8 Å². The Morgan fingerprint density at radius 3 is 2.00 bits per heavy atom. The topological polar surface area (TPSA) is 33.5 Å². The molecule has 54 heavy (non-hydrogen) atoms. The van der Waals surface area contributed by atoms with E-state index in [0.29, 0.717) is 11.5 Å². The van der Waals surface area contributed by atoms with Crippen LogP contribution < -0.4 is 14.5 Å². The molecule has 1 aliphatic heterocycles. The number of benzene rings is 6. The van der Waals surface area contributed by atoms with Crippen molar-refractivity contribution < 1.29 is 25.8 Å². The number of anilines is 4. The number of hydrogen-bond acceptors (Lipinski definition) is 4. The minimum absolute atomic E-state index is 0. The summed E-state index contributed by atoms with van der Waals surface area (Å²) in [6, 6.07) is 51.6. The van der Waals surface area contributed by atoms with Gasteiger partial charge >= 0.3 is 0 Å². The Bertz CT molecular complexity index is 2640. The minimum atomic E-state index is -0.0810. The summed E-state index contributed by atoms with van der Waals surface area (Å²) < 4.78 is 8.72. The Hall–Kier alpha value is -5.38. The largest absolute Gasteiger partial charge is 0.509 e. The Labute approximate surface area is 332 Å². The monoisotopic (exact) mass is 884 g/mol. The second kappa shape index (κ2) is 13.5. The summed E-state index contributed by atoms with van der Waals surface area (Å²) in [4.78, 5) is 9.33. The molecule has 1 aliphatic rings. The van der Waals surface area contributed by atoms with Crippen LogP contribution >= 0.6 is 0 Å². The average Bonchev–Trinajstić information content (AvgIpc) is 3.71. The van der Waals surface area contributed by atoms with Gasteiger partial charge in [0.1, 0.15) is 5.82 Å². The smallest absolute Gasteiger partial charge is 0.135 e. The summed E-state index contributed by atoms with van der Waals surface area (Å²) in [5, 5.41) is 4.64. The molecule has 5 nitrogen and oxygen atoms in total. The Balaban J connectivity index is 0.00000413. The fourth-order valence-corrected chi connectivity index (χ4v) is 7.71. The Morgan fingerprint density at radius 2 is 1.26 bits per heavy atom. The van der Waals surface area contributed by atoms with E-state index in [-0.39, 0.29) is 31.9 Å². The van der Waals surface area contributed by atoms with Crippen LogP contribution in [0.2, 0.25) is 0 Å². The zero-order chi connectivity index (χ0) is 36.5. The first-order valence-electron chi connectivity index (χ1n) is 18.2. The van der Waals surface area contributed by atoms with Crippen molar-refractivity contribution in [2.75, 3.05) is 9.80 Å². The van der Waals surface area contributed by atoms with Crippen LogP contribution in [-0.4, -0.2) is 9.55 Å². The summed E-state index contributed by atoms with van der Waals surface area (Å²) in [6.07, 6.45) is 1.82. The van der Waals surface area contributed by atoms with E-state index in [9.17, 15) is 0 Å². The third-order valence-electron chi connectivity index (χ3n) is 10.2. The summed E-state index contributed by atoms with van der Waals surface area (Å²) in [7, 11) is 0. The van der Waals surface area contributed by atoms with Crippen molar-refractivity contribution >= 4 is 55.3 Å². The van der Waals surface area contributed by atoms with Gasteiger partial charge in [-0.05, 0) is 57.0 Å². The summed E-state index contributed by atoms with van der Waals surface area (Å²) in [5.74, 6) is 2.06. The van der Waals surface area contributed by atoms with Gasteiger partial charge in [0.2, 0.25) is 0 Å². The summed E-state index contributed by atoms with van der Waals surface area (Å²) in [5.41, 5.74) is 8.79. The van der Waals surface area contributed by atoms with E-state index in [0.717, 1.165) is 44.7 Å². The van der Waals surface area contributed by atoms with Gasteiger partial charge < -0.3 is 19.1 Å². The van der Waals surface area contributed by atoms with Crippen LogP contribution in [-0.2, 0) is 31.9 Å². The second-order valence-electron chi connectivity index (χ2n) is 15.8. The van der Waals surface area contributed by atoms with Crippen LogP contribution in [0.3, 0.4) is 0 Å². The first kappa shape index (κ1) is 35.6. The van der Waals surface area contributed by atoms with Crippen molar-refractivity contribution in [2.24, 2.45) is 0 Å². The van der Waals surface area contributed by atoms with E-state index in [1.54, 1.807) is 0 Å². The van der Waals surface area contributed by atoms with Gasteiger partial charge in [-0.15, -0.1) is 48.1 Å². The van der Waals surface area contributed by atoms with E-state index >= 15 is 0 Å². The molecule has 0 saturated carbocycles. The van der Waals surface area contributed by atoms with Gasteiger partial charge in [0.15, 0.2) is 0 Å². The second-order valence-corrected chi connectivity index (χ2v) is 15.8. The zero-order valence-electron chi connectivity index (χ0n) is 31.3. The van der Waals surface area contributed by atoms with Gasteiger partial charge in [-0.3, -0.25) is 0 Å². The Morgan fingerprint density at radius 1 is 0.574 bits per heavy atom. The van der Waals surface area contributed by atoms with E-state index in [1.807, 2.05) is 42.6 Å². The van der Waals surface area contributed by atoms with E-state index < -0.39 is 0 Å². The molecule has 2 aromatic heterocycles. The molecular formula is C48H41N4OPt-3. The molecule has 0 amide bonds. The zero-order valence-corrected chi connectivity index (χ0v) is 33.6. The van der Waals surface area contributed by atoms with E-state index in [2.05, 4.69) is 171 Å². The fraction of sp³-hybridized carbons (Fsp3) is 0.167. The van der Waals surface area contributed by atoms with Crippen molar-refractivity contribution in [1.29, 1.82) is 0 Å². The first-order chi connectivity index (χ1) is 25.6. The molecule has 272 valence electrons. The van der Waals surface area contributed by atoms with Crippen molar-refractivity contribution in [3.05, 3.63) is 164 Å². The molecule has 0 N–H and O–H groups in total. The van der Waals surface area contributed by atoms with Gasteiger partial charge in [0.25, 0.3) is 0 Å². The van der Waals surface area contributed by atoms with Gasteiger partial charge in [0, 0.05) is 66.7 Å². The number of hydrogen-bond donors (Lipinski definition) is 0. The molecule has 6 heteroatoms. The van der Waals surface area contributed by atoms with Crippen molar-refractivity contribution in [3.8, 4) is 17.3 Å². The molecule has 6 aromatic carbocycles. The van der Waals surface area contributed by atoms with Gasteiger partial charge in [-0.1, -0.05) is 120 Å². The number of ether oxygens (including phenoxy) is 1. The molecule has 0 atom stereocenters. The molecule has 0 spiro atoms. The third kappa shape index (κ3) is 6.05. The Kier molecular flexibility index (Phi) is 8.90. The van der Waals surface area contributed by atoms with Crippen molar-refractivity contribution in [1.82, 2.24) is 9.55 Å². The molecule has 0 aliphatic carbocycles. The molecule has 3 heterocycles. The van der Waals surface area contributed by atoms with Crippen LogP contribution in [0.5, 0.6) is 11.5 Å². The maximum atomic E-state index is 6.57. The number of nitrogens with zero attached hydrogens (tertiary/aromatic N) is 4. The number of rotatable bonds is 5. The van der Waals surface area contributed by atoms with Gasteiger partial charge in [0.05, 0.1) is 0 Å². The molecular weight excluding hydrogens is 844 g/mol. The molecule has 0 radical (unpaired) electrons. The fourth-order valence-electron chi connectivity index (χ4n) is 7.71. The molecule has 0 saturated heterocycles. The number of para-hydroxylation sites is 2. The number of fused-ring (bicyclic) bond motifs is 6. The van der Waals surface area contributed by atoms with Crippen LogP contribution in [0.1, 0.15) is 52.7 Å². The van der Waals surface area contributed by atoms with E-state index in [4.69, 9.17) is 4.74 Å². The van der Waals surface area contributed by atoms with Crippen molar-refractivity contribution in [2.45, 2.75) is 52.4 Å². The normalized spacial score (nSPS) is 13.1. The minimum Gasteiger partial charge on any atom is -0.509 e. The summed E-state index contributed by atoms with van der Waals surface area (Å²) >= 11 is 0. The maximum absolute atomic E-state index is 6.57. The molecule has 0 unspecified atom stereocenters. The SMILES string of the molecule is CC(C)(C)c1cccc(C(C)(C)C)c1N1[CH-]N(c2[c-]c(Oc3[c-]c4c(cc3)c3ccccc3n4-c3ccccn3)ccc2)c2ccc3ccccc3c21.[Pt]. The standard InChI is InChI=1S/C48H41N4O.Pt/c1-47(2,3)39-20-14-21-40(48(4,5)6)46(39)51-31-50(42-27-24-32-15-7-8-18-36(32)45(42)51)33-16-13-17-34(29-33)53-35-25-26-38-37-19-9-10-22-41(37)52(43(38)30-35)44-23-11-12-28-49-44;/h7-28,31H,1-6H3;/q-3;. The molecule has 8 aromatic rings. The quantitative estimate of drug-likeness (QED) is 0.161. The molecule has 0 bridgehead atoms. The maximum Gasteiger partial charge on any atom is 0.135 e. The van der Waals surface area contributed by atoms with Crippen molar-refractivity contribution in [3.63, 3.8) is 0 Å². The number of aromatic nitrogens is 2. The molecule has 0 fully saturated rings.